The summed E-state index contributed by atoms with van der Waals surface area (Å²) in [7, 11) is 1.74. The van der Waals surface area contributed by atoms with E-state index in [1.807, 2.05) is 13.0 Å². The first kappa shape index (κ1) is 16.6. The van der Waals surface area contributed by atoms with E-state index in [2.05, 4.69) is 43.0 Å². The lowest BCUT2D eigenvalue weighted by Gasteiger charge is -2.25. The van der Waals surface area contributed by atoms with Crippen molar-refractivity contribution in [2.75, 3.05) is 25.1 Å². The number of ether oxygens (including phenoxy) is 1. The lowest BCUT2D eigenvalue weighted by Crippen LogP contribution is -2.25. The van der Waals surface area contributed by atoms with Crippen molar-refractivity contribution >= 4 is 11.8 Å². The molecule has 0 aromatic heterocycles. The number of rotatable bonds is 9. The van der Waals surface area contributed by atoms with Gasteiger partial charge in [-0.3, -0.25) is 0 Å². The van der Waals surface area contributed by atoms with Gasteiger partial charge in [0.25, 0.3) is 0 Å². The average Bonchev–Trinajstić information content (AvgIpc) is 2.48. The second-order valence-electron chi connectivity index (χ2n) is 5.12. The third-order valence-corrected chi connectivity index (χ3v) is 3.49. The van der Waals surface area contributed by atoms with Gasteiger partial charge in [-0.1, -0.05) is 38.8 Å². The smallest absolute Gasteiger partial charge is 0.128 e. The maximum absolute atomic E-state index is 5.52. The zero-order chi connectivity index (χ0) is 14.8. The van der Waals surface area contributed by atoms with Crippen LogP contribution in [0.5, 0.6) is 5.75 Å². The Hall–Kier alpha value is -1.44. The minimum Gasteiger partial charge on any atom is -0.496 e. The van der Waals surface area contributed by atoms with Gasteiger partial charge in [-0.05, 0) is 31.9 Å². The van der Waals surface area contributed by atoms with Gasteiger partial charge in [0, 0.05) is 30.4 Å². The summed E-state index contributed by atoms with van der Waals surface area (Å²) in [6, 6.07) is 6.53. The van der Waals surface area contributed by atoms with E-state index in [0.717, 1.165) is 24.4 Å². The molecule has 0 saturated carbocycles. The number of hydrogen-bond donors (Lipinski definition) is 0. The third-order valence-electron chi connectivity index (χ3n) is 3.49. The van der Waals surface area contributed by atoms with Crippen LogP contribution in [0.3, 0.4) is 0 Å². The van der Waals surface area contributed by atoms with Crippen molar-refractivity contribution in [3.63, 3.8) is 0 Å². The molecule has 2 nitrogen and oxygen atoms in total. The van der Waals surface area contributed by atoms with Crippen LogP contribution in [0.2, 0.25) is 0 Å². The molecular weight excluding hydrogens is 246 g/mol. The zero-order valence-corrected chi connectivity index (χ0v) is 13.5. The van der Waals surface area contributed by atoms with E-state index in [1.54, 1.807) is 7.11 Å². The summed E-state index contributed by atoms with van der Waals surface area (Å²) in [4.78, 5) is 2.48. The molecule has 0 radical (unpaired) electrons. The monoisotopic (exact) mass is 275 g/mol. The molecule has 0 amide bonds. The number of nitrogens with zero attached hydrogens (tertiary/aromatic N) is 1. The van der Waals surface area contributed by atoms with Crippen molar-refractivity contribution in [1.29, 1.82) is 0 Å². The van der Waals surface area contributed by atoms with Crippen LogP contribution in [0.4, 0.5) is 5.69 Å². The molecule has 1 rings (SSSR count). The highest BCUT2D eigenvalue weighted by molar-refractivity contribution is 5.63. The molecule has 0 saturated heterocycles. The number of unbranched alkanes of at least 4 members (excludes halogenated alkanes) is 2. The first-order valence-electron chi connectivity index (χ1n) is 7.82. The highest BCUT2D eigenvalue weighted by atomic mass is 16.5. The standard InChI is InChI=1S/C18H29NO/c1-5-8-13-19(14-9-6-2)17-12-11-16(10-7-3)18(15-17)20-4/h7,10-12,15H,5-6,8-9,13-14H2,1-4H3/b10-7+. The van der Waals surface area contributed by atoms with Gasteiger partial charge in [0.15, 0.2) is 0 Å². The predicted molar refractivity (Wildman–Crippen MR) is 89.7 cm³/mol. The summed E-state index contributed by atoms with van der Waals surface area (Å²) in [5.74, 6) is 0.957. The van der Waals surface area contributed by atoms with Gasteiger partial charge in [0.05, 0.1) is 7.11 Å². The third kappa shape index (κ3) is 4.92. The number of methoxy groups -OCH3 is 1. The first-order chi connectivity index (χ1) is 9.76. The Kier molecular flexibility index (Phi) is 7.86. The number of anilines is 1. The van der Waals surface area contributed by atoms with Gasteiger partial charge in [-0.2, -0.15) is 0 Å². The van der Waals surface area contributed by atoms with Crippen molar-refractivity contribution in [2.45, 2.75) is 46.5 Å². The molecular formula is C18H29NO. The molecule has 20 heavy (non-hydrogen) atoms. The second-order valence-corrected chi connectivity index (χ2v) is 5.12. The SMILES string of the molecule is C/C=C/c1ccc(N(CCCC)CCCC)cc1OC. The Labute approximate surface area is 124 Å². The molecule has 0 fully saturated rings. The number of hydrogen-bond acceptors (Lipinski definition) is 2. The maximum atomic E-state index is 5.52. The van der Waals surface area contributed by atoms with E-state index in [4.69, 9.17) is 4.74 Å². The molecule has 2 heteroatoms. The molecule has 0 aliphatic carbocycles. The van der Waals surface area contributed by atoms with Gasteiger partial charge in [-0.25, -0.2) is 0 Å². The van der Waals surface area contributed by atoms with Crippen molar-refractivity contribution in [1.82, 2.24) is 0 Å². The molecule has 0 heterocycles. The number of allylic oxidation sites excluding steroid dienone is 1. The van der Waals surface area contributed by atoms with E-state index in [0.29, 0.717) is 0 Å². The lowest BCUT2D eigenvalue weighted by atomic mass is 10.1. The highest BCUT2D eigenvalue weighted by Crippen LogP contribution is 2.27. The fourth-order valence-electron chi connectivity index (χ4n) is 2.28. The highest BCUT2D eigenvalue weighted by Gasteiger charge is 2.08. The molecule has 0 aliphatic heterocycles. The van der Waals surface area contributed by atoms with E-state index in [1.165, 1.54) is 31.4 Å². The van der Waals surface area contributed by atoms with E-state index < -0.39 is 0 Å². The largest absolute Gasteiger partial charge is 0.496 e. The molecule has 0 atom stereocenters. The van der Waals surface area contributed by atoms with Gasteiger partial charge >= 0.3 is 0 Å². The average molecular weight is 275 g/mol. The van der Waals surface area contributed by atoms with Crippen molar-refractivity contribution < 1.29 is 4.74 Å². The minimum atomic E-state index is 0.957. The van der Waals surface area contributed by atoms with Crippen molar-refractivity contribution in [2.24, 2.45) is 0 Å². The summed E-state index contributed by atoms with van der Waals surface area (Å²) >= 11 is 0. The van der Waals surface area contributed by atoms with Crippen LogP contribution in [0.1, 0.15) is 52.0 Å². The minimum absolute atomic E-state index is 0.957. The Morgan fingerprint density at radius 3 is 2.25 bits per heavy atom. The number of benzene rings is 1. The Morgan fingerprint density at radius 2 is 1.75 bits per heavy atom. The zero-order valence-electron chi connectivity index (χ0n) is 13.5. The van der Waals surface area contributed by atoms with Crippen LogP contribution in [-0.2, 0) is 0 Å². The molecule has 0 N–H and O–H groups in total. The second kappa shape index (κ2) is 9.46. The Bertz CT molecular complexity index is 404. The van der Waals surface area contributed by atoms with Gasteiger partial charge in [0.1, 0.15) is 5.75 Å². The van der Waals surface area contributed by atoms with Crippen molar-refractivity contribution in [3.8, 4) is 5.75 Å². The molecule has 0 bridgehead atoms. The fourth-order valence-corrected chi connectivity index (χ4v) is 2.28. The van der Waals surface area contributed by atoms with Gasteiger partial charge in [0.2, 0.25) is 0 Å². The topological polar surface area (TPSA) is 12.5 Å². The van der Waals surface area contributed by atoms with Crippen LogP contribution in [-0.4, -0.2) is 20.2 Å². The summed E-state index contributed by atoms with van der Waals surface area (Å²) in [6.45, 7) is 8.77. The molecule has 0 spiro atoms. The summed E-state index contributed by atoms with van der Waals surface area (Å²) < 4.78 is 5.52. The molecule has 1 aromatic rings. The molecule has 0 unspecified atom stereocenters. The Balaban J connectivity index is 2.94. The quantitative estimate of drug-likeness (QED) is 0.619. The Morgan fingerprint density at radius 1 is 1.10 bits per heavy atom. The van der Waals surface area contributed by atoms with Gasteiger partial charge < -0.3 is 9.64 Å². The molecule has 112 valence electrons. The lowest BCUT2D eigenvalue weighted by molar-refractivity contribution is 0.414. The summed E-state index contributed by atoms with van der Waals surface area (Å²) in [6.07, 6.45) is 9.08. The van der Waals surface area contributed by atoms with Crippen molar-refractivity contribution in [3.05, 3.63) is 29.8 Å². The van der Waals surface area contributed by atoms with Gasteiger partial charge in [-0.15, -0.1) is 0 Å². The maximum Gasteiger partial charge on any atom is 0.128 e. The van der Waals surface area contributed by atoms with Crippen LogP contribution >= 0.6 is 0 Å². The summed E-state index contributed by atoms with van der Waals surface area (Å²) in [5, 5.41) is 0. The molecule has 0 aliphatic rings. The first-order valence-corrected chi connectivity index (χ1v) is 7.82. The predicted octanol–water partition coefficient (Wildman–Crippen LogP) is 5.13. The van der Waals surface area contributed by atoms with E-state index >= 15 is 0 Å². The van der Waals surface area contributed by atoms with Crippen LogP contribution < -0.4 is 9.64 Å². The van der Waals surface area contributed by atoms with Crippen LogP contribution in [0.25, 0.3) is 6.08 Å². The van der Waals surface area contributed by atoms with E-state index in [9.17, 15) is 0 Å². The van der Waals surface area contributed by atoms with E-state index in [-0.39, 0.29) is 0 Å². The summed E-state index contributed by atoms with van der Waals surface area (Å²) in [5.41, 5.74) is 2.42. The fraction of sp³-hybridized carbons (Fsp3) is 0.556. The van der Waals surface area contributed by atoms with Crippen LogP contribution in [0, 0.1) is 0 Å². The normalized spacial score (nSPS) is 11.0. The van der Waals surface area contributed by atoms with Crippen LogP contribution in [0.15, 0.2) is 24.3 Å². The molecule has 1 aromatic carbocycles.